The van der Waals surface area contributed by atoms with Gasteiger partial charge in [0.05, 0.1) is 35.4 Å². The Morgan fingerprint density at radius 3 is 2.54 bits per heavy atom. The summed E-state index contributed by atoms with van der Waals surface area (Å²) >= 11 is 0. The Morgan fingerprint density at radius 1 is 1.06 bits per heavy atom. The van der Waals surface area contributed by atoms with Crippen molar-refractivity contribution in [1.82, 2.24) is 14.8 Å². The fourth-order valence-corrected chi connectivity index (χ4v) is 3.90. The molecule has 0 saturated carbocycles. The van der Waals surface area contributed by atoms with Crippen molar-refractivity contribution in [2.75, 3.05) is 14.2 Å². The Morgan fingerprint density at radius 2 is 1.83 bits per heavy atom. The molecular weight excluding hydrogens is 454 g/mol. The number of nitro benzene ring substituents is 1. The van der Waals surface area contributed by atoms with Crippen LogP contribution in [-0.2, 0) is 6.54 Å². The van der Waals surface area contributed by atoms with Gasteiger partial charge >= 0.3 is 5.69 Å². The fourth-order valence-electron chi connectivity index (χ4n) is 3.90. The smallest absolute Gasteiger partial charge is 0.311 e. The molecule has 0 saturated heterocycles. The Kier molecular flexibility index (Phi) is 5.49. The summed E-state index contributed by atoms with van der Waals surface area (Å²) < 4.78 is 18.5. The van der Waals surface area contributed by atoms with Crippen LogP contribution in [0.4, 0.5) is 5.69 Å². The number of rotatable bonds is 7. The van der Waals surface area contributed by atoms with E-state index in [0.29, 0.717) is 28.3 Å². The van der Waals surface area contributed by atoms with E-state index < -0.39 is 10.9 Å². The highest BCUT2D eigenvalue weighted by molar-refractivity contribution is 5.81. The largest absolute Gasteiger partial charge is 0.539 e. The number of imidazole rings is 1. The summed E-state index contributed by atoms with van der Waals surface area (Å²) in [7, 11) is 2.94. The molecule has 2 aromatic heterocycles. The standard InChI is InChI=1S/C24H19N5O6/c1-33-17-10-8-16(9-11-17)28-21(24(30)35-26-28)14-27-19-6-4-3-5-18(19)25-23(27)15-7-12-22(34-2)20(13-15)29(31)32/h3-13H,14H2,1-2H3. The van der Waals surface area contributed by atoms with E-state index in [1.807, 2.05) is 24.3 Å². The molecule has 0 fully saturated rings. The zero-order valence-electron chi connectivity index (χ0n) is 18.7. The van der Waals surface area contributed by atoms with Crippen LogP contribution in [-0.4, -0.2) is 34.0 Å². The van der Waals surface area contributed by atoms with Gasteiger partial charge in [-0.25, -0.2) is 4.98 Å². The van der Waals surface area contributed by atoms with Gasteiger partial charge in [0.1, 0.15) is 18.1 Å². The molecule has 0 unspecified atom stereocenters. The van der Waals surface area contributed by atoms with E-state index in [4.69, 9.17) is 19.0 Å². The molecule has 11 nitrogen and oxygen atoms in total. The van der Waals surface area contributed by atoms with Gasteiger partial charge in [-0.2, -0.15) is 0 Å². The van der Waals surface area contributed by atoms with Crippen molar-refractivity contribution in [1.29, 1.82) is 0 Å². The third kappa shape index (κ3) is 3.88. The van der Waals surface area contributed by atoms with Crippen LogP contribution < -0.4 is 19.3 Å². The summed E-state index contributed by atoms with van der Waals surface area (Å²) in [6, 6.07) is 19.0. The molecule has 3 aromatic carbocycles. The lowest BCUT2D eigenvalue weighted by Crippen LogP contribution is -2.37. The van der Waals surface area contributed by atoms with Gasteiger partial charge in [-0.3, -0.25) is 10.1 Å². The van der Waals surface area contributed by atoms with Crippen LogP contribution in [0.2, 0.25) is 0 Å². The SMILES string of the molecule is COc1ccc(-[n+]2noc([O-])c2Cn2c(-c3ccc(OC)c([N+](=O)[O-])c3)nc3ccccc32)cc1. The van der Waals surface area contributed by atoms with Crippen molar-refractivity contribution in [3.8, 4) is 34.5 Å². The van der Waals surface area contributed by atoms with Crippen molar-refractivity contribution in [2.24, 2.45) is 0 Å². The van der Waals surface area contributed by atoms with Crippen LogP contribution in [0.5, 0.6) is 17.4 Å². The number of hydrogen-bond acceptors (Lipinski definition) is 8. The summed E-state index contributed by atoms with van der Waals surface area (Å²) in [6.07, 6.45) is 0. The van der Waals surface area contributed by atoms with Crippen LogP contribution in [0.1, 0.15) is 5.69 Å². The molecule has 11 heteroatoms. The highest BCUT2D eigenvalue weighted by atomic mass is 16.6. The second kappa shape index (κ2) is 8.78. The molecule has 176 valence electrons. The predicted molar refractivity (Wildman–Crippen MR) is 122 cm³/mol. The van der Waals surface area contributed by atoms with E-state index in [1.54, 1.807) is 42.0 Å². The van der Waals surface area contributed by atoms with Gasteiger partial charge in [-0.05, 0) is 41.1 Å². The third-order valence-electron chi connectivity index (χ3n) is 5.61. The minimum atomic E-state index is -0.606. The Labute approximate surface area is 198 Å². The molecule has 0 aliphatic carbocycles. The Bertz CT molecular complexity index is 1540. The van der Waals surface area contributed by atoms with Crippen LogP contribution in [0.3, 0.4) is 0 Å². The van der Waals surface area contributed by atoms with Crippen molar-refractivity contribution in [2.45, 2.75) is 6.54 Å². The van der Waals surface area contributed by atoms with E-state index in [2.05, 4.69) is 5.27 Å². The second-order valence-electron chi connectivity index (χ2n) is 7.57. The van der Waals surface area contributed by atoms with Crippen LogP contribution >= 0.6 is 0 Å². The maximum atomic E-state index is 12.7. The minimum Gasteiger partial charge on any atom is -0.539 e. The molecule has 35 heavy (non-hydrogen) atoms. The van der Waals surface area contributed by atoms with Crippen molar-refractivity contribution >= 4 is 16.7 Å². The number of hydrogen-bond donors (Lipinski definition) is 0. The molecule has 5 aromatic rings. The Balaban J connectivity index is 1.65. The maximum Gasteiger partial charge on any atom is 0.311 e. The molecule has 0 atom stereocenters. The summed E-state index contributed by atoms with van der Waals surface area (Å²) in [5.74, 6) is 0.634. The molecule has 0 aliphatic rings. The van der Waals surface area contributed by atoms with Gasteiger partial charge in [-0.15, -0.1) is 0 Å². The van der Waals surface area contributed by atoms with Gasteiger partial charge in [0.25, 0.3) is 5.69 Å². The Hall–Kier alpha value is -4.93. The summed E-state index contributed by atoms with van der Waals surface area (Å²) in [4.78, 5) is 15.8. The van der Waals surface area contributed by atoms with Gasteiger partial charge in [0.15, 0.2) is 11.7 Å². The normalized spacial score (nSPS) is 11.0. The van der Waals surface area contributed by atoms with Gasteiger partial charge in [0.2, 0.25) is 5.69 Å². The van der Waals surface area contributed by atoms with Crippen molar-refractivity contribution < 1.29 is 28.7 Å². The summed E-state index contributed by atoms with van der Waals surface area (Å²) in [5, 5.41) is 28.2. The second-order valence-corrected chi connectivity index (χ2v) is 7.57. The number of benzene rings is 3. The molecular formula is C24H19N5O6. The first kappa shape index (κ1) is 21.9. The number of ether oxygens (including phenoxy) is 2. The number of nitro groups is 1. The lowest BCUT2D eigenvalue weighted by molar-refractivity contribution is -0.677. The number of para-hydroxylation sites is 2. The van der Waals surface area contributed by atoms with Gasteiger partial charge in [-0.1, -0.05) is 12.1 Å². The minimum absolute atomic E-state index is 0.0596. The fraction of sp³-hybridized carbons (Fsp3) is 0.125. The summed E-state index contributed by atoms with van der Waals surface area (Å²) in [5.41, 5.74) is 2.57. The average Bonchev–Trinajstić information content (AvgIpc) is 3.44. The number of methoxy groups -OCH3 is 2. The zero-order chi connectivity index (χ0) is 24.5. The average molecular weight is 473 g/mol. The van der Waals surface area contributed by atoms with E-state index in [9.17, 15) is 15.2 Å². The molecule has 0 aliphatic heterocycles. The quantitative estimate of drug-likeness (QED) is 0.200. The maximum absolute atomic E-state index is 12.7. The van der Waals surface area contributed by atoms with E-state index >= 15 is 0 Å². The van der Waals surface area contributed by atoms with Crippen LogP contribution in [0.25, 0.3) is 28.1 Å². The molecule has 0 amide bonds. The first-order valence-electron chi connectivity index (χ1n) is 10.5. The van der Waals surface area contributed by atoms with Gasteiger partial charge in [0, 0.05) is 23.8 Å². The van der Waals surface area contributed by atoms with Crippen molar-refractivity contribution in [3.05, 3.63) is 82.5 Å². The molecule has 0 radical (unpaired) electrons. The van der Waals surface area contributed by atoms with Gasteiger partial charge < -0.3 is 23.7 Å². The van der Waals surface area contributed by atoms with Crippen molar-refractivity contribution in [3.63, 3.8) is 0 Å². The molecule has 0 bridgehead atoms. The van der Waals surface area contributed by atoms with Crippen LogP contribution in [0, 0.1) is 10.1 Å². The zero-order valence-corrected chi connectivity index (χ0v) is 18.7. The number of nitrogens with zero attached hydrogens (tertiary/aromatic N) is 5. The monoisotopic (exact) mass is 473 g/mol. The summed E-state index contributed by atoms with van der Waals surface area (Å²) in [6.45, 7) is 0.0596. The molecule has 5 rings (SSSR count). The third-order valence-corrected chi connectivity index (χ3v) is 5.61. The van der Waals surface area contributed by atoms with E-state index in [-0.39, 0.29) is 23.7 Å². The van der Waals surface area contributed by atoms with E-state index in [0.717, 1.165) is 5.52 Å². The first-order chi connectivity index (χ1) is 17.0. The molecule has 0 spiro atoms. The van der Waals surface area contributed by atoms with E-state index in [1.165, 1.54) is 23.9 Å². The first-order valence-corrected chi connectivity index (χ1v) is 10.5. The lowest BCUT2D eigenvalue weighted by atomic mass is 10.1. The lowest BCUT2D eigenvalue weighted by Gasteiger charge is -2.09. The predicted octanol–water partition coefficient (Wildman–Crippen LogP) is 3.02. The topological polar surface area (TPSA) is 132 Å². The molecule has 0 N–H and O–H groups in total. The molecule has 2 heterocycles. The highest BCUT2D eigenvalue weighted by Gasteiger charge is 2.25. The highest BCUT2D eigenvalue weighted by Crippen LogP contribution is 2.34. The number of fused-ring (bicyclic) bond motifs is 1. The van der Waals surface area contributed by atoms with Crippen LogP contribution in [0.15, 0.2) is 71.3 Å². The number of aromatic nitrogens is 4.